The van der Waals surface area contributed by atoms with Crippen LogP contribution in [-0.2, 0) is 21.0 Å². The molecule has 48 heavy (non-hydrogen) atoms. The number of unbranched alkanes of at least 4 members (excludes halogenated alkanes) is 1. The normalized spacial score (nSPS) is 12.5. The van der Waals surface area contributed by atoms with E-state index in [0.717, 1.165) is 10.0 Å². The molecule has 0 heterocycles. The molecule has 3 aromatic rings. The first kappa shape index (κ1) is 37.5. The van der Waals surface area contributed by atoms with Crippen molar-refractivity contribution in [2.24, 2.45) is 27.9 Å². The smallest absolute Gasteiger partial charge is 0.251 e. The van der Waals surface area contributed by atoms with E-state index in [0.29, 0.717) is 49.3 Å². The summed E-state index contributed by atoms with van der Waals surface area (Å²) in [5, 5.41) is 8.18. The zero-order chi connectivity index (χ0) is 34.9. The van der Waals surface area contributed by atoms with Crippen molar-refractivity contribution in [2.75, 3.05) is 13.1 Å². The predicted molar refractivity (Wildman–Crippen MR) is 187 cm³/mol. The van der Waals surface area contributed by atoms with E-state index in [2.05, 4.69) is 36.9 Å². The lowest BCUT2D eigenvalue weighted by atomic mass is 10.0. The standard InChI is InChI=1S/C34H43BrN8O5/c35-25-15-11-22(12-16-25)21-48-26-17-13-23(14-18-26)29(30(37)44)43-33(47)27(9-4-5-19-36)42-32(46)28(10-6-20-40-34(38)39)41-31(45)24-7-2-1-3-8-24/h1-3,7-8,11-18,27-29H,4-6,9-10,19-21,36H2,(H2,37,44)(H,41,45)(H,42,46)(H,43,47)(H4,38,39,40)/t27-,28-,29+/m0/s1. The fourth-order valence-electron chi connectivity index (χ4n) is 4.70. The second kappa shape index (κ2) is 19.7. The fraction of sp³-hybridized carbons (Fsp3) is 0.324. The maximum absolute atomic E-state index is 13.6. The molecule has 0 aliphatic rings. The van der Waals surface area contributed by atoms with Crippen molar-refractivity contribution in [1.82, 2.24) is 16.0 Å². The second-order valence-corrected chi connectivity index (χ2v) is 11.9. The number of hydrogen-bond donors (Lipinski definition) is 7. The molecule has 0 saturated heterocycles. The van der Waals surface area contributed by atoms with Gasteiger partial charge in [-0.25, -0.2) is 0 Å². The summed E-state index contributed by atoms with van der Waals surface area (Å²) in [5.74, 6) is -1.97. The maximum atomic E-state index is 13.6. The van der Waals surface area contributed by atoms with Crippen LogP contribution in [0.4, 0.5) is 0 Å². The summed E-state index contributed by atoms with van der Waals surface area (Å²) < 4.78 is 6.81. The van der Waals surface area contributed by atoms with Crippen molar-refractivity contribution in [2.45, 2.75) is 56.8 Å². The van der Waals surface area contributed by atoms with Gasteiger partial charge in [0.2, 0.25) is 17.7 Å². The Hall–Kier alpha value is -4.95. The zero-order valence-corrected chi connectivity index (χ0v) is 28.2. The minimum absolute atomic E-state index is 0.0900. The summed E-state index contributed by atoms with van der Waals surface area (Å²) in [6.45, 7) is 0.971. The Morgan fingerprint density at radius 2 is 1.38 bits per heavy atom. The summed E-state index contributed by atoms with van der Waals surface area (Å²) >= 11 is 3.41. The van der Waals surface area contributed by atoms with Crippen molar-refractivity contribution in [3.63, 3.8) is 0 Å². The molecule has 3 aromatic carbocycles. The van der Waals surface area contributed by atoms with Gasteiger partial charge >= 0.3 is 0 Å². The van der Waals surface area contributed by atoms with Gasteiger partial charge in [-0.3, -0.25) is 24.2 Å². The summed E-state index contributed by atoms with van der Waals surface area (Å²) in [5.41, 5.74) is 24.0. The SMILES string of the molecule is NCCCC[C@H](NC(=O)[C@H](CCCN=C(N)N)NC(=O)c1ccccc1)C(=O)N[C@@H](C(N)=O)c1ccc(OCc2ccc(Br)cc2)cc1. The van der Waals surface area contributed by atoms with Gasteiger partial charge in [-0.1, -0.05) is 58.4 Å². The topological polar surface area (TPSA) is 230 Å². The molecule has 0 radical (unpaired) electrons. The Morgan fingerprint density at radius 3 is 2.00 bits per heavy atom. The molecule has 0 unspecified atom stereocenters. The van der Waals surface area contributed by atoms with E-state index >= 15 is 0 Å². The number of amides is 4. The second-order valence-electron chi connectivity index (χ2n) is 11.0. The summed E-state index contributed by atoms with van der Waals surface area (Å²) in [7, 11) is 0. The van der Waals surface area contributed by atoms with E-state index < -0.39 is 41.8 Å². The number of halogens is 1. The van der Waals surface area contributed by atoms with Gasteiger partial charge in [0.1, 0.15) is 30.5 Å². The number of benzene rings is 3. The molecule has 3 rings (SSSR count). The molecule has 256 valence electrons. The van der Waals surface area contributed by atoms with Gasteiger partial charge in [0.05, 0.1) is 0 Å². The number of carbonyl (C=O) groups is 4. The van der Waals surface area contributed by atoms with E-state index in [1.165, 1.54) is 0 Å². The van der Waals surface area contributed by atoms with Gasteiger partial charge in [-0.05, 0) is 86.2 Å². The van der Waals surface area contributed by atoms with Crippen LogP contribution in [0.3, 0.4) is 0 Å². The number of hydrogen-bond acceptors (Lipinski definition) is 7. The van der Waals surface area contributed by atoms with E-state index in [9.17, 15) is 19.2 Å². The van der Waals surface area contributed by atoms with Crippen molar-refractivity contribution in [3.8, 4) is 5.75 Å². The van der Waals surface area contributed by atoms with Gasteiger partial charge in [-0.15, -0.1) is 0 Å². The number of nitrogens with one attached hydrogen (secondary N) is 3. The highest BCUT2D eigenvalue weighted by Crippen LogP contribution is 2.20. The summed E-state index contributed by atoms with van der Waals surface area (Å²) in [6.07, 6.45) is 1.93. The Bertz CT molecular complexity index is 1520. The van der Waals surface area contributed by atoms with E-state index in [-0.39, 0.29) is 25.3 Å². The number of nitrogens with zero attached hydrogens (tertiary/aromatic N) is 1. The van der Waals surface area contributed by atoms with Crippen LogP contribution in [-0.4, -0.2) is 54.8 Å². The van der Waals surface area contributed by atoms with Crippen LogP contribution in [0.15, 0.2) is 88.3 Å². The van der Waals surface area contributed by atoms with E-state index in [4.69, 9.17) is 27.7 Å². The van der Waals surface area contributed by atoms with Crippen LogP contribution < -0.4 is 43.6 Å². The molecule has 0 aromatic heterocycles. The minimum Gasteiger partial charge on any atom is -0.489 e. The zero-order valence-electron chi connectivity index (χ0n) is 26.6. The predicted octanol–water partition coefficient (Wildman–Crippen LogP) is 2.14. The highest BCUT2D eigenvalue weighted by Gasteiger charge is 2.29. The molecule has 0 spiro atoms. The molecule has 14 heteroatoms. The molecular weight excluding hydrogens is 680 g/mol. The Kier molecular flexibility index (Phi) is 15.4. The molecule has 13 nitrogen and oxygen atoms in total. The highest BCUT2D eigenvalue weighted by atomic mass is 79.9. The third-order valence-electron chi connectivity index (χ3n) is 7.29. The molecule has 0 bridgehead atoms. The molecule has 0 saturated carbocycles. The number of nitrogens with two attached hydrogens (primary N) is 4. The largest absolute Gasteiger partial charge is 0.489 e. The van der Waals surface area contributed by atoms with Crippen molar-refractivity contribution in [1.29, 1.82) is 0 Å². The number of primary amides is 1. The van der Waals surface area contributed by atoms with Gasteiger partial charge in [0, 0.05) is 16.6 Å². The first-order valence-corrected chi connectivity index (χ1v) is 16.3. The van der Waals surface area contributed by atoms with Crippen molar-refractivity contribution < 1.29 is 23.9 Å². The molecule has 4 amide bonds. The van der Waals surface area contributed by atoms with Crippen molar-refractivity contribution >= 4 is 45.5 Å². The lowest BCUT2D eigenvalue weighted by Gasteiger charge is -2.25. The minimum atomic E-state index is -1.18. The summed E-state index contributed by atoms with van der Waals surface area (Å²) in [4.78, 5) is 56.6. The molecule has 0 aliphatic carbocycles. The third-order valence-corrected chi connectivity index (χ3v) is 7.81. The van der Waals surface area contributed by atoms with Gasteiger partial charge in [-0.2, -0.15) is 0 Å². The summed E-state index contributed by atoms with van der Waals surface area (Å²) in [6, 6.07) is 19.6. The van der Waals surface area contributed by atoms with Crippen LogP contribution in [0.2, 0.25) is 0 Å². The van der Waals surface area contributed by atoms with Crippen LogP contribution >= 0.6 is 15.9 Å². The quantitative estimate of drug-likeness (QED) is 0.0549. The van der Waals surface area contributed by atoms with Crippen LogP contribution in [0.25, 0.3) is 0 Å². The molecule has 0 fully saturated rings. The Morgan fingerprint density at radius 1 is 0.750 bits per heavy atom. The van der Waals surface area contributed by atoms with Crippen molar-refractivity contribution in [3.05, 3.63) is 100 Å². The molecule has 11 N–H and O–H groups in total. The average Bonchev–Trinajstić information content (AvgIpc) is 3.08. The van der Waals surface area contributed by atoms with Gasteiger partial charge < -0.3 is 43.6 Å². The van der Waals surface area contributed by atoms with Gasteiger partial charge in [0.15, 0.2) is 5.96 Å². The monoisotopic (exact) mass is 722 g/mol. The van der Waals surface area contributed by atoms with Crippen LogP contribution in [0, 0.1) is 0 Å². The lowest BCUT2D eigenvalue weighted by Crippen LogP contribution is -2.54. The maximum Gasteiger partial charge on any atom is 0.251 e. The Labute approximate surface area is 288 Å². The molecule has 3 atom stereocenters. The Balaban J connectivity index is 1.72. The lowest BCUT2D eigenvalue weighted by molar-refractivity contribution is -0.132. The molecule has 0 aliphatic heterocycles. The molecular formula is C34H43BrN8O5. The van der Waals surface area contributed by atoms with Crippen LogP contribution in [0.1, 0.15) is 59.6 Å². The van der Waals surface area contributed by atoms with Gasteiger partial charge in [0.25, 0.3) is 5.91 Å². The fourth-order valence-corrected chi connectivity index (χ4v) is 4.97. The van der Waals surface area contributed by atoms with E-state index in [1.54, 1.807) is 54.6 Å². The average molecular weight is 724 g/mol. The number of ether oxygens (including phenoxy) is 1. The van der Waals surface area contributed by atoms with E-state index in [1.807, 2.05) is 24.3 Å². The first-order valence-electron chi connectivity index (χ1n) is 15.6. The number of rotatable bonds is 19. The third kappa shape index (κ3) is 12.7. The van der Waals surface area contributed by atoms with Crippen LogP contribution in [0.5, 0.6) is 5.75 Å². The highest BCUT2D eigenvalue weighted by molar-refractivity contribution is 9.10. The number of carbonyl (C=O) groups excluding carboxylic acids is 4. The number of guanidine groups is 1. The first-order chi connectivity index (χ1) is 23.1. The number of aliphatic imine (C=N–C) groups is 1.